The van der Waals surface area contributed by atoms with E-state index in [0.717, 1.165) is 17.7 Å². The zero-order chi connectivity index (χ0) is 21.4. The van der Waals surface area contributed by atoms with Gasteiger partial charge < -0.3 is 19.5 Å². The topological polar surface area (TPSA) is 96.4 Å². The van der Waals surface area contributed by atoms with E-state index in [4.69, 9.17) is 9.84 Å². The Hall–Kier alpha value is -1.11. The zero-order valence-electron chi connectivity index (χ0n) is 16.2. The number of alkyl halides is 3. The molecule has 3 aliphatic rings. The molecular weight excluding hydrogens is 417 g/mol. The first-order valence-electron chi connectivity index (χ1n) is 9.68. The molecule has 1 N–H and O–H groups in total. The van der Waals surface area contributed by atoms with Crippen LogP contribution in [0.4, 0.5) is 18.0 Å². The number of hydrogen-bond donors (Lipinski definition) is 1. The maximum atomic E-state index is 12.7. The second kappa shape index (κ2) is 8.20. The van der Waals surface area contributed by atoms with Crippen LogP contribution in [0.25, 0.3) is 0 Å². The Balaban J connectivity index is 1.52. The molecule has 8 nitrogen and oxygen atoms in total. The monoisotopic (exact) mass is 444 g/mol. The van der Waals surface area contributed by atoms with Crippen molar-refractivity contribution >= 4 is 16.1 Å². The Morgan fingerprint density at radius 2 is 1.97 bits per heavy atom. The van der Waals surface area contributed by atoms with Crippen LogP contribution in [0.3, 0.4) is 0 Å². The van der Waals surface area contributed by atoms with Gasteiger partial charge in [0.1, 0.15) is 0 Å². The highest BCUT2D eigenvalue weighted by atomic mass is 32.2. The summed E-state index contributed by atoms with van der Waals surface area (Å²) in [4.78, 5) is 13.2. The van der Waals surface area contributed by atoms with Crippen LogP contribution in [-0.4, -0.2) is 91.8 Å². The van der Waals surface area contributed by atoms with Crippen molar-refractivity contribution < 1.29 is 41.0 Å². The van der Waals surface area contributed by atoms with E-state index in [0.29, 0.717) is 19.3 Å². The zero-order valence-corrected chi connectivity index (χ0v) is 17.0. The van der Waals surface area contributed by atoms with Gasteiger partial charge in [-0.05, 0) is 38.0 Å². The van der Waals surface area contributed by atoms with E-state index in [1.807, 2.05) is 0 Å². The average molecular weight is 444 g/mol. The smallest absolute Gasteiger partial charge is 0.427 e. The lowest BCUT2D eigenvalue weighted by atomic mass is 9.87. The molecule has 0 radical (unpaired) electrons. The number of carbonyl (C=O) groups is 1. The van der Waals surface area contributed by atoms with Crippen LogP contribution in [0.15, 0.2) is 0 Å². The molecular formula is C17H27F3N2O6S. The summed E-state index contributed by atoms with van der Waals surface area (Å²) < 4.78 is 74.6. The van der Waals surface area contributed by atoms with Crippen LogP contribution >= 0.6 is 0 Å². The quantitative estimate of drug-likeness (QED) is 0.664. The molecule has 12 heteroatoms. The molecule has 1 spiro atoms. The molecule has 0 aromatic carbocycles. The van der Waals surface area contributed by atoms with Crippen LogP contribution in [0, 0.1) is 5.92 Å². The van der Waals surface area contributed by atoms with E-state index >= 15 is 0 Å². The van der Waals surface area contributed by atoms with Crippen molar-refractivity contribution in [1.82, 2.24) is 9.21 Å². The van der Waals surface area contributed by atoms with Gasteiger partial charge in [0.05, 0.1) is 30.6 Å². The first kappa shape index (κ1) is 22.6. The first-order chi connectivity index (χ1) is 13.5. The summed E-state index contributed by atoms with van der Waals surface area (Å²) in [6.45, 7) is -0.800. The molecule has 0 unspecified atom stereocenters. The predicted octanol–water partition coefficient (Wildman–Crippen LogP) is 1.34. The Kier molecular flexibility index (Phi) is 6.38. The van der Waals surface area contributed by atoms with E-state index in [1.165, 1.54) is 4.31 Å². The number of piperidine rings is 1. The van der Waals surface area contributed by atoms with Gasteiger partial charge in [-0.2, -0.15) is 17.5 Å². The molecule has 3 rings (SSSR count). The third-order valence-corrected chi connectivity index (χ3v) is 8.06. The van der Waals surface area contributed by atoms with Crippen molar-refractivity contribution in [3.63, 3.8) is 0 Å². The number of likely N-dealkylation sites (N-methyl/N-ethyl adjacent to an activating group) is 1. The lowest BCUT2D eigenvalue weighted by Gasteiger charge is -2.38. The van der Waals surface area contributed by atoms with Crippen molar-refractivity contribution in [3.8, 4) is 0 Å². The highest BCUT2D eigenvalue weighted by molar-refractivity contribution is 7.89. The minimum absolute atomic E-state index is 0.139. The van der Waals surface area contributed by atoms with Gasteiger partial charge in [-0.3, -0.25) is 0 Å². The number of likely N-dealkylation sites (tertiary alicyclic amines) is 1. The van der Waals surface area contributed by atoms with E-state index in [-0.39, 0.29) is 37.4 Å². The van der Waals surface area contributed by atoms with E-state index in [2.05, 4.69) is 4.74 Å². The fourth-order valence-corrected chi connectivity index (χ4v) is 5.58. The van der Waals surface area contributed by atoms with Gasteiger partial charge in [0, 0.05) is 20.1 Å². The summed E-state index contributed by atoms with van der Waals surface area (Å²) in [5.74, 6) is 0.394. The molecule has 0 aromatic heterocycles. The van der Waals surface area contributed by atoms with Crippen molar-refractivity contribution in [2.24, 2.45) is 5.92 Å². The van der Waals surface area contributed by atoms with Crippen LogP contribution in [0.2, 0.25) is 0 Å². The van der Waals surface area contributed by atoms with Gasteiger partial charge in [-0.15, -0.1) is 0 Å². The normalized spacial score (nSPS) is 26.1. The summed E-state index contributed by atoms with van der Waals surface area (Å²) in [5, 5.41) is 8.79. The largest absolute Gasteiger partial charge is 0.434 e. The number of rotatable bonds is 6. The third kappa shape index (κ3) is 5.33. The van der Waals surface area contributed by atoms with Gasteiger partial charge in [0.15, 0.2) is 0 Å². The number of halogens is 3. The molecule has 1 aliphatic carbocycles. The minimum Gasteiger partial charge on any atom is -0.434 e. The molecule has 0 bridgehead atoms. The fourth-order valence-electron chi connectivity index (χ4n) is 3.83. The minimum atomic E-state index is -4.83. The van der Waals surface area contributed by atoms with Crippen molar-refractivity contribution in [2.45, 2.75) is 56.0 Å². The van der Waals surface area contributed by atoms with Crippen LogP contribution in [0.5, 0.6) is 0 Å². The number of ether oxygens (including phenoxy) is 2. The van der Waals surface area contributed by atoms with Crippen molar-refractivity contribution in [3.05, 3.63) is 0 Å². The summed E-state index contributed by atoms with van der Waals surface area (Å²) >= 11 is 0. The maximum absolute atomic E-state index is 12.7. The van der Waals surface area contributed by atoms with Gasteiger partial charge in [-0.1, -0.05) is 0 Å². The molecule has 2 saturated heterocycles. The molecule has 2 aliphatic heterocycles. The lowest BCUT2D eigenvalue weighted by Crippen LogP contribution is -2.49. The fraction of sp³-hybridized carbons (Fsp3) is 0.941. The third-order valence-electron chi connectivity index (χ3n) is 5.99. The van der Waals surface area contributed by atoms with E-state index < -0.39 is 40.6 Å². The number of carbonyl (C=O) groups excluding carboxylic acids is 1. The van der Waals surface area contributed by atoms with Crippen LogP contribution in [0.1, 0.15) is 32.1 Å². The van der Waals surface area contributed by atoms with Crippen LogP contribution in [-0.2, 0) is 19.5 Å². The Morgan fingerprint density at radius 1 is 1.34 bits per heavy atom. The van der Waals surface area contributed by atoms with Crippen molar-refractivity contribution in [2.75, 3.05) is 39.1 Å². The summed E-state index contributed by atoms with van der Waals surface area (Å²) in [5.41, 5.74) is -0.592. The molecule has 2 heterocycles. The predicted molar refractivity (Wildman–Crippen MR) is 95.6 cm³/mol. The number of sulfonamides is 1. The Labute approximate surface area is 168 Å². The summed E-state index contributed by atoms with van der Waals surface area (Å²) in [6, 6.07) is -0.291. The number of amides is 1. The second-order valence-corrected chi connectivity index (χ2v) is 10.2. The number of hydrogen-bond acceptors (Lipinski definition) is 6. The van der Waals surface area contributed by atoms with E-state index in [9.17, 15) is 26.4 Å². The van der Waals surface area contributed by atoms with Crippen LogP contribution < -0.4 is 0 Å². The maximum Gasteiger partial charge on any atom is 0.427 e. The number of aliphatic hydroxyl groups excluding tert-OH is 1. The van der Waals surface area contributed by atoms with Gasteiger partial charge >= 0.3 is 12.3 Å². The highest BCUT2D eigenvalue weighted by Gasteiger charge is 2.48. The first-order valence-corrected chi connectivity index (χ1v) is 11.3. The number of aliphatic hydroxyl groups is 1. The molecule has 1 amide bonds. The SMILES string of the molecule is CN([C@H]1COC2(CCN(C(=O)O[C@H](CO)C(F)(F)F)CC2)C1)S(=O)(=O)CC1CC1. The van der Waals surface area contributed by atoms with Crippen molar-refractivity contribution in [1.29, 1.82) is 0 Å². The summed E-state index contributed by atoms with van der Waals surface area (Å²) in [6.07, 6.45) is -5.39. The Bertz CT molecular complexity index is 704. The van der Waals surface area contributed by atoms with E-state index in [1.54, 1.807) is 7.05 Å². The standard InChI is InChI=1S/C17H27F3N2O6S/c1-21(29(25,26)11-12-2-3-12)13-8-16(27-10-13)4-6-22(7-5-16)15(24)28-14(9-23)17(18,19)20/h12-14,23H,2-11H2,1H3/t13-,14-/m1/s1. The number of nitrogens with zero attached hydrogens (tertiary/aromatic N) is 2. The summed E-state index contributed by atoms with van der Waals surface area (Å²) in [7, 11) is -1.79. The molecule has 29 heavy (non-hydrogen) atoms. The van der Waals surface area contributed by atoms with Gasteiger partial charge in [0.2, 0.25) is 16.1 Å². The molecule has 168 valence electrons. The highest BCUT2D eigenvalue weighted by Crippen LogP contribution is 2.39. The van der Waals surface area contributed by atoms with Gasteiger partial charge in [0.25, 0.3) is 0 Å². The average Bonchev–Trinajstić information content (AvgIpc) is 3.36. The second-order valence-electron chi connectivity index (χ2n) is 8.17. The lowest BCUT2D eigenvalue weighted by molar-refractivity contribution is -0.215. The molecule has 3 fully saturated rings. The Morgan fingerprint density at radius 3 is 2.48 bits per heavy atom. The molecule has 2 atom stereocenters. The molecule has 0 aromatic rings. The molecule has 1 saturated carbocycles. The van der Waals surface area contributed by atoms with Gasteiger partial charge in [-0.25, -0.2) is 13.2 Å².